The summed E-state index contributed by atoms with van der Waals surface area (Å²) in [7, 11) is -1.67. The van der Waals surface area contributed by atoms with Gasteiger partial charge >= 0.3 is 19.5 Å². The van der Waals surface area contributed by atoms with Crippen LogP contribution in [0.25, 0.3) is 0 Å². The predicted octanol–water partition coefficient (Wildman–Crippen LogP) is 1.48. The number of ether oxygens (including phenoxy) is 2. The molecule has 0 aliphatic heterocycles. The van der Waals surface area contributed by atoms with Gasteiger partial charge in [-0.1, -0.05) is 0 Å². The molecule has 0 fully saturated rings. The van der Waals surface area contributed by atoms with Crippen molar-refractivity contribution in [2.75, 3.05) is 27.4 Å². The van der Waals surface area contributed by atoms with E-state index in [1.54, 1.807) is 13.8 Å². The molecule has 0 aliphatic carbocycles. The number of hydrogen-bond donors (Lipinski definition) is 0. The zero-order valence-corrected chi connectivity index (χ0v) is 11.7. The highest BCUT2D eigenvalue weighted by Crippen LogP contribution is 2.56. The monoisotopic (exact) mass is 280 g/mol. The zero-order chi connectivity index (χ0) is 14.2. The molecule has 0 radical (unpaired) electrons. The molecule has 0 saturated heterocycles. The first-order chi connectivity index (χ1) is 8.45. The summed E-state index contributed by atoms with van der Waals surface area (Å²) in [6, 6.07) is 0. The van der Waals surface area contributed by atoms with Gasteiger partial charge in [0.05, 0.1) is 27.4 Å². The second-order valence-corrected chi connectivity index (χ2v) is 4.87. The Labute approximate surface area is 106 Å². The van der Waals surface area contributed by atoms with E-state index >= 15 is 0 Å². The van der Waals surface area contributed by atoms with Crippen LogP contribution < -0.4 is 0 Å². The van der Waals surface area contributed by atoms with E-state index in [-0.39, 0.29) is 13.2 Å². The standard InChI is InChI=1S/C10H17O7P/c1-5-16-18(13,17-6-2)8(10(12)15-4)7-9(11)14-3/h7H,5-6H2,1-4H3/b8-7+. The lowest BCUT2D eigenvalue weighted by Crippen LogP contribution is -2.12. The van der Waals surface area contributed by atoms with Crippen LogP contribution in [0.15, 0.2) is 11.4 Å². The third-order valence-electron chi connectivity index (χ3n) is 1.74. The molecule has 0 N–H and O–H groups in total. The van der Waals surface area contributed by atoms with Gasteiger partial charge in [-0.25, -0.2) is 9.59 Å². The first kappa shape index (κ1) is 16.8. The van der Waals surface area contributed by atoms with Gasteiger partial charge in [0.15, 0.2) is 5.31 Å². The Bertz CT molecular complexity index is 364. The summed E-state index contributed by atoms with van der Waals surface area (Å²) in [6.45, 7) is 3.26. The van der Waals surface area contributed by atoms with E-state index < -0.39 is 24.8 Å². The predicted molar refractivity (Wildman–Crippen MR) is 63.0 cm³/mol. The molecule has 0 spiro atoms. The summed E-state index contributed by atoms with van der Waals surface area (Å²) in [6.07, 6.45) is 0.748. The van der Waals surface area contributed by atoms with E-state index in [1.165, 1.54) is 0 Å². The summed E-state index contributed by atoms with van der Waals surface area (Å²) in [5, 5.41) is -0.486. The average molecular weight is 280 g/mol. The summed E-state index contributed by atoms with van der Waals surface area (Å²) in [5.74, 6) is -1.82. The molecule has 0 aliphatic rings. The van der Waals surface area contributed by atoms with Gasteiger partial charge in [-0.2, -0.15) is 0 Å². The minimum Gasteiger partial charge on any atom is -0.466 e. The van der Waals surface area contributed by atoms with Crippen molar-refractivity contribution in [3.63, 3.8) is 0 Å². The van der Waals surface area contributed by atoms with E-state index in [9.17, 15) is 14.2 Å². The minimum absolute atomic E-state index is 0.0484. The molecule has 0 amide bonds. The Morgan fingerprint density at radius 3 is 1.89 bits per heavy atom. The van der Waals surface area contributed by atoms with Gasteiger partial charge in [-0.3, -0.25) is 4.57 Å². The Morgan fingerprint density at radius 1 is 1.06 bits per heavy atom. The fourth-order valence-electron chi connectivity index (χ4n) is 1.04. The fourth-order valence-corrected chi connectivity index (χ4v) is 2.65. The highest BCUT2D eigenvalue weighted by Gasteiger charge is 2.36. The fraction of sp³-hybridized carbons (Fsp3) is 0.600. The molecule has 18 heavy (non-hydrogen) atoms. The molecule has 0 saturated carbocycles. The Morgan fingerprint density at radius 2 is 1.56 bits per heavy atom. The van der Waals surface area contributed by atoms with Crippen molar-refractivity contribution in [3.05, 3.63) is 11.4 Å². The van der Waals surface area contributed by atoms with Crippen LogP contribution in [0.5, 0.6) is 0 Å². The van der Waals surface area contributed by atoms with Crippen molar-refractivity contribution in [3.8, 4) is 0 Å². The Kier molecular flexibility index (Phi) is 7.50. The van der Waals surface area contributed by atoms with Crippen LogP contribution in [0.2, 0.25) is 0 Å². The van der Waals surface area contributed by atoms with E-state index in [0.717, 1.165) is 20.3 Å². The second kappa shape index (κ2) is 8.02. The number of carbonyl (C=O) groups is 2. The summed E-state index contributed by atoms with van der Waals surface area (Å²) in [4.78, 5) is 22.7. The number of methoxy groups -OCH3 is 2. The lowest BCUT2D eigenvalue weighted by Gasteiger charge is -2.18. The highest BCUT2D eigenvalue weighted by atomic mass is 31.2. The van der Waals surface area contributed by atoms with E-state index in [2.05, 4.69) is 9.47 Å². The van der Waals surface area contributed by atoms with Crippen LogP contribution in [0.4, 0.5) is 0 Å². The largest absolute Gasteiger partial charge is 0.466 e. The normalized spacial score (nSPS) is 12.1. The van der Waals surface area contributed by atoms with Crippen LogP contribution in [0.1, 0.15) is 13.8 Å². The van der Waals surface area contributed by atoms with Gasteiger partial charge in [0.2, 0.25) is 0 Å². The van der Waals surface area contributed by atoms with Crippen LogP contribution >= 0.6 is 7.60 Å². The molecule has 0 bridgehead atoms. The number of hydrogen-bond acceptors (Lipinski definition) is 7. The molecule has 0 unspecified atom stereocenters. The maximum atomic E-state index is 12.3. The quantitative estimate of drug-likeness (QED) is 0.396. The third-order valence-corrected chi connectivity index (χ3v) is 3.84. The molecule has 0 atom stereocenters. The van der Waals surface area contributed by atoms with Crippen molar-refractivity contribution in [2.45, 2.75) is 13.8 Å². The first-order valence-corrected chi connectivity index (χ1v) is 6.77. The van der Waals surface area contributed by atoms with Crippen LogP contribution in [0.3, 0.4) is 0 Å². The maximum absolute atomic E-state index is 12.3. The molecule has 7 nitrogen and oxygen atoms in total. The van der Waals surface area contributed by atoms with E-state index in [4.69, 9.17) is 9.05 Å². The smallest absolute Gasteiger partial charge is 0.368 e. The average Bonchev–Trinajstić information content (AvgIpc) is 2.35. The van der Waals surface area contributed by atoms with Crippen molar-refractivity contribution < 1.29 is 32.7 Å². The first-order valence-electron chi connectivity index (χ1n) is 5.22. The van der Waals surface area contributed by atoms with Crippen molar-refractivity contribution in [2.24, 2.45) is 0 Å². The van der Waals surface area contributed by atoms with Gasteiger partial charge in [0.1, 0.15) is 0 Å². The van der Waals surface area contributed by atoms with Gasteiger partial charge < -0.3 is 18.5 Å². The maximum Gasteiger partial charge on any atom is 0.368 e. The molecule has 0 aromatic carbocycles. The number of carbonyl (C=O) groups excluding carboxylic acids is 2. The molecule has 8 heteroatoms. The van der Waals surface area contributed by atoms with Crippen LogP contribution in [-0.4, -0.2) is 39.4 Å². The lowest BCUT2D eigenvalue weighted by molar-refractivity contribution is -0.138. The molecule has 0 aromatic rings. The number of esters is 2. The minimum atomic E-state index is -3.88. The van der Waals surface area contributed by atoms with Gasteiger partial charge in [0.25, 0.3) is 0 Å². The molecule has 0 heterocycles. The van der Waals surface area contributed by atoms with Crippen LogP contribution in [0, 0.1) is 0 Å². The molecule has 0 rings (SSSR count). The molecular formula is C10H17O7P. The van der Waals surface area contributed by atoms with Crippen LogP contribution in [-0.2, 0) is 32.7 Å². The summed E-state index contributed by atoms with van der Waals surface area (Å²) in [5.41, 5.74) is 0. The molecule has 104 valence electrons. The van der Waals surface area contributed by atoms with Gasteiger partial charge in [0, 0.05) is 6.08 Å². The van der Waals surface area contributed by atoms with Gasteiger partial charge in [-0.05, 0) is 13.8 Å². The summed E-state index contributed by atoms with van der Waals surface area (Å²) >= 11 is 0. The number of rotatable bonds is 7. The molecular weight excluding hydrogens is 263 g/mol. The molecule has 0 aromatic heterocycles. The van der Waals surface area contributed by atoms with E-state index in [0.29, 0.717) is 0 Å². The highest BCUT2D eigenvalue weighted by molar-refractivity contribution is 7.60. The zero-order valence-electron chi connectivity index (χ0n) is 10.8. The topological polar surface area (TPSA) is 88.1 Å². The Balaban J connectivity index is 5.51. The van der Waals surface area contributed by atoms with Crippen molar-refractivity contribution in [1.82, 2.24) is 0 Å². The Hall–Kier alpha value is -1.17. The SMILES string of the molecule is CCOP(=O)(OCC)/C(=C/C(=O)OC)C(=O)OC. The lowest BCUT2D eigenvalue weighted by atomic mass is 10.5. The van der Waals surface area contributed by atoms with Crippen molar-refractivity contribution in [1.29, 1.82) is 0 Å². The second-order valence-electron chi connectivity index (χ2n) is 2.88. The van der Waals surface area contributed by atoms with Gasteiger partial charge in [-0.15, -0.1) is 0 Å². The van der Waals surface area contributed by atoms with E-state index in [1.807, 2.05) is 0 Å². The summed E-state index contributed by atoms with van der Waals surface area (Å²) < 4.78 is 31.1. The van der Waals surface area contributed by atoms with Crippen molar-refractivity contribution >= 4 is 19.5 Å². The third kappa shape index (κ3) is 4.60.